The van der Waals surface area contributed by atoms with Crippen molar-refractivity contribution in [3.05, 3.63) is 265 Å². The molecule has 0 atom stereocenters. The monoisotopic (exact) mass is 848 g/mol. The van der Waals surface area contributed by atoms with Gasteiger partial charge in [-0.05, 0) is 130 Å². The van der Waals surface area contributed by atoms with Crippen LogP contribution in [0, 0.1) is 0 Å². The molecule has 0 spiro atoms. The highest BCUT2D eigenvalue weighted by atomic mass is 16.5. The molecule has 0 aliphatic heterocycles. The van der Waals surface area contributed by atoms with Crippen LogP contribution in [0.1, 0.15) is 29.7 Å². The van der Waals surface area contributed by atoms with Gasteiger partial charge in [0.1, 0.15) is 23.0 Å². The van der Waals surface area contributed by atoms with E-state index in [1.165, 1.54) is 77.0 Å². The lowest BCUT2D eigenvalue weighted by Crippen LogP contribution is -2.28. The molecule has 0 amide bonds. The molecule has 0 N–H and O–H groups in total. The molecule has 0 bridgehead atoms. The van der Waals surface area contributed by atoms with E-state index in [1.807, 2.05) is 0 Å². The van der Waals surface area contributed by atoms with Crippen LogP contribution in [0.15, 0.2) is 243 Å². The number of aromatic nitrogens is 2. The van der Waals surface area contributed by atoms with Crippen LogP contribution in [0.4, 0.5) is 0 Å². The second-order valence-electron chi connectivity index (χ2n) is 16.8. The largest absolute Gasteiger partial charge is 0.457 e. The van der Waals surface area contributed by atoms with Gasteiger partial charge in [0.2, 0.25) is 0 Å². The van der Waals surface area contributed by atoms with Crippen LogP contribution in [0.5, 0.6) is 23.0 Å². The lowest BCUT2D eigenvalue weighted by molar-refractivity contribution is 0.482. The smallest absolute Gasteiger partial charge is 0.127 e. The third kappa shape index (κ3) is 5.99. The predicted octanol–water partition coefficient (Wildman–Crippen LogP) is 16.5. The van der Waals surface area contributed by atoms with E-state index < -0.39 is 5.41 Å². The van der Waals surface area contributed by atoms with Gasteiger partial charge in [0, 0.05) is 32.9 Å². The normalized spacial score (nSPS) is 12.5. The molecule has 12 aromatic rings. The van der Waals surface area contributed by atoms with Crippen molar-refractivity contribution in [2.24, 2.45) is 0 Å². The van der Waals surface area contributed by atoms with Gasteiger partial charge in [-0.25, -0.2) is 0 Å². The first-order valence-corrected chi connectivity index (χ1v) is 22.2. The Morgan fingerprint density at radius 1 is 0.273 bits per heavy atom. The van der Waals surface area contributed by atoms with Crippen molar-refractivity contribution in [3.63, 3.8) is 0 Å². The van der Waals surface area contributed by atoms with Crippen LogP contribution >= 0.6 is 0 Å². The maximum absolute atomic E-state index is 6.53. The topological polar surface area (TPSA) is 28.3 Å². The summed E-state index contributed by atoms with van der Waals surface area (Å²) in [7, 11) is 0. The second kappa shape index (κ2) is 15.6. The highest BCUT2D eigenvalue weighted by Crippen LogP contribution is 2.56. The highest BCUT2D eigenvalue weighted by molar-refractivity contribution is 6.10. The Balaban J connectivity index is 0.00000456. The lowest BCUT2D eigenvalue weighted by atomic mass is 9.68. The highest BCUT2D eigenvalue weighted by Gasteiger charge is 2.45. The van der Waals surface area contributed by atoms with Crippen LogP contribution < -0.4 is 9.47 Å². The summed E-state index contributed by atoms with van der Waals surface area (Å²) in [6, 6.07) is 86.1. The maximum Gasteiger partial charge on any atom is 0.127 e. The Morgan fingerprint density at radius 2 is 0.545 bits per heavy atom. The molecule has 0 saturated carbocycles. The molecular weight excluding hydrogens is 805 g/mol. The van der Waals surface area contributed by atoms with Gasteiger partial charge >= 0.3 is 0 Å². The van der Waals surface area contributed by atoms with Crippen molar-refractivity contribution in [2.75, 3.05) is 0 Å². The van der Waals surface area contributed by atoms with E-state index in [0.29, 0.717) is 0 Å². The first kappa shape index (κ1) is 39.0. The lowest BCUT2D eigenvalue weighted by Gasteiger charge is -2.34. The zero-order chi connectivity index (χ0) is 42.9. The first-order valence-electron chi connectivity index (χ1n) is 22.2. The van der Waals surface area contributed by atoms with E-state index in [-0.39, 0.29) is 7.43 Å². The van der Waals surface area contributed by atoms with Crippen molar-refractivity contribution in [1.29, 1.82) is 0 Å². The molecular formula is C62H44N2O2. The van der Waals surface area contributed by atoms with E-state index in [9.17, 15) is 0 Å². The number of ether oxygens (including phenoxy) is 2. The van der Waals surface area contributed by atoms with Gasteiger partial charge in [-0.2, -0.15) is 0 Å². The Hall–Kier alpha value is -8.60. The second-order valence-corrected chi connectivity index (χ2v) is 16.8. The van der Waals surface area contributed by atoms with Crippen LogP contribution in [-0.4, -0.2) is 9.13 Å². The molecule has 10 aromatic carbocycles. The van der Waals surface area contributed by atoms with Crippen LogP contribution in [-0.2, 0) is 5.41 Å². The summed E-state index contributed by atoms with van der Waals surface area (Å²) in [6.07, 6.45) is 0. The SMILES string of the molecule is C.c1ccc2c(c1)-c1ccccc1C2(c1ccc(Oc2ccc(-n3c4ccccc4c4ccccc43)cc2)cc1)c1ccc(Oc2ccc(-n3c4ccccc4c4ccccc43)cc2)cc1. The molecule has 1 aliphatic rings. The van der Waals surface area contributed by atoms with E-state index in [1.54, 1.807) is 0 Å². The zero-order valence-corrected chi connectivity index (χ0v) is 35.3. The van der Waals surface area contributed by atoms with Gasteiger partial charge in [-0.1, -0.05) is 153 Å². The number of fused-ring (bicyclic) bond motifs is 9. The minimum absolute atomic E-state index is 0. The molecule has 66 heavy (non-hydrogen) atoms. The molecule has 0 unspecified atom stereocenters. The van der Waals surface area contributed by atoms with Crippen LogP contribution in [0.25, 0.3) is 66.1 Å². The summed E-state index contributed by atoms with van der Waals surface area (Å²) < 4.78 is 17.7. The van der Waals surface area contributed by atoms with Crippen LogP contribution in [0.2, 0.25) is 0 Å². The summed E-state index contributed by atoms with van der Waals surface area (Å²) in [5.41, 5.74) is 13.7. The Morgan fingerprint density at radius 3 is 0.879 bits per heavy atom. The van der Waals surface area contributed by atoms with Gasteiger partial charge < -0.3 is 18.6 Å². The quantitative estimate of drug-likeness (QED) is 0.152. The summed E-state index contributed by atoms with van der Waals surface area (Å²) in [4.78, 5) is 0. The average molecular weight is 849 g/mol. The fraction of sp³-hybridized carbons (Fsp3) is 0.0323. The van der Waals surface area contributed by atoms with E-state index >= 15 is 0 Å². The molecule has 2 heterocycles. The number of para-hydroxylation sites is 4. The Labute approximate surface area is 383 Å². The zero-order valence-electron chi connectivity index (χ0n) is 35.3. The minimum atomic E-state index is -0.557. The number of hydrogen-bond donors (Lipinski definition) is 0. The van der Waals surface area contributed by atoms with Crippen molar-refractivity contribution < 1.29 is 9.47 Å². The van der Waals surface area contributed by atoms with Gasteiger partial charge in [-0.15, -0.1) is 0 Å². The van der Waals surface area contributed by atoms with E-state index in [2.05, 4.69) is 252 Å². The predicted molar refractivity (Wildman–Crippen MR) is 272 cm³/mol. The number of rotatable bonds is 8. The molecule has 2 aromatic heterocycles. The summed E-state index contributed by atoms with van der Waals surface area (Å²) >= 11 is 0. The van der Waals surface area contributed by atoms with E-state index in [4.69, 9.17) is 9.47 Å². The third-order valence-electron chi connectivity index (χ3n) is 13.3. The molecule has 4 heteroatoms. The molecule has 13 rings (SSSR count). The first-order chi connectivity index (χ1) is 32.2. The fourth-order valence-corrected chi connectivity index (χ4v) is 10.6. The Kier molecular flexibility index (Phi) is 9.21. The summed E-state index contributed by atoms with van der Waals surface area (Å²) in [6.45, 7) is 0. The number of benzene rings is 10. The van der Waals surface area contributed by atoms with E-state index in [0.717, 1.165) is 34.4 Å². The summed E-state index contributed by atoms with van der Waals surface area (Å²) in [5, 5.41) is 4.99. The summed E-state index contributed by atoms with van der Waals surface area (Å²) in [5.74, 6) is 3.12. The number of nitrogens with zero attached hydrogens (tertiary/aromatic N) is 2. The molecule has 4 nitrogen and oxygen atoms in total. The molecule has 314 valence electrons. The van der Waals surface area contributed by atoms with Crippen molar-refractivity contribution in [2.45, 2.75) is 12.8 Å². The van der Waals surface area contributed by atoms with Crippen LogP contribution in [0.3, 0.4) is 0 Å². The van der Waals surface area contributed by atoms with Gasteiger partial charge in [0.05, 0.1) is 27.5 Å². The third-order valence-corrected chi connectivity index (χ3v) is 13.3. The van der Waals surface area contributed by atoms with Crippen molar-refractivity contribution in [3.8, 4) is 45.5 Å². The van der Waals surface area contributed by atoms with Crippen molar-refractivity contribution >= 4 is 43.6 Å². The molecule has 0 saturated heterocycles. The number of hydrogen-bond acceptors (Lipinski definition) is 2. The van der Waals surface area contributed by atoms with Gasteiger partial charge in [0.25, 0.3) is 0 Å². The standard InChI is InChI=1S/C61H40N2O2.CH4/c1-7-19-55-49(13-1)50-14-2-8-20-56(50)61(55,41-25-33-45(34-26-41)64-47-37-29-43(30-38-47)62-57-21-9-3-15-51(57)52-16-4-10-22-58(52)62)42-27-35-46(36-28-42)65-48-39-31-44(32-40-48)63-59-23-11-5-17-53(59)54-18-6-12-24-60(54)63;/h1-40H;1H4. The fourth-order valence-electron chi connectivity index (χ4n) is 10.6. The molecule has 0 radical (unpaired) electrons. The van der Waals surface area contributed by atoms with Gasteiger partial charge in [0.15, 0.2) is 0 Å². The molecule has 0 fully saturated rings. The molecule has 1 aliphatic carbocycles. The van der Waals surface area contributed by atoms with Gasteiger partial charge in [-0.3, -0.25) is 0 Å². The Bertz CT molecular complexity index is 3390. The average Bonchev–Trinajstić information content (AvgIpc) is 4.00. The van der Waals surface area contributed by atoms with Crippen molar-refractivity contribution in [1.82, 2.24) is 9.13 Å². The minimum Gasteiger partial charge on any atom is -0.457 e. The maximum atomic E-state index is 6.53.